The largest absolute Gasteiger partial charge is 0.381 e. The molecule has 0 bridgehead atoms. The predicted molar refractivity (Wildman–Crippen MR) is 50.0 cm³/mol. The van der Waals surface area contributed by atoms with Crippen LogP contribution in [-0.4, -0.2) is 10.2 Å². The first kappa shape index (κ1) is 9.26. The first-order valence-corrected chi connectivity index (χ1v) is 4.25. The number of halogens is 1. The van der Waals surface area contributed by atoms with E-state index in [4.69, 9.17) is 17.3 Å². The fourth-order valence-corrected chi connectivity index (χ4v) is 1.10. The lowest BCUT2D eigenvalue weighted by atomic mass is 10.1. The average molecular weight is 186 g/mol. The van der Waals surface area contributed by atoms with E-state index in [2.05, 4.69) is 24.0 Å². The van der Waals surface area contributed by atoms with Crippen molar-refractivity contribution in [1.29, 1.82) is 0 Å². The number of nitrogens with zero attached hydrogens (tertiary/aromatic N) is 2. The Morgan fingerprint density at radius 3 is 2.67 bits per heavy atom. The zero-order valence-corrected chi connectivity index (χ0v) is 7.97. The Morgan fingerprint density at radius 1 is 1.50 bits per heavy atom. The molecular formula is C8H12ClN3. The van der Waals surface area contributed by atoms with Crippen LogP contribution in [0.1, 0.15) is 19.5 Å². The van der Waals surface area contributed by atoms with Crippen LogP contribution in [0.5, 0.6) is 0 Å². The lowest BCUT2D eigenvalue weighted by molar-refractivity contribution is 0.628. The molecule has 1 rings (SSSR count). The van der Waals surface area contributed by atoms with Gasteiger partial charge in [0.1, 0.15) is 0 Å². The molecule has 0 aliphatic carbocycles. The molecule has 3 nitrogen and oxygen atoms in total. The summed E-state index contributed by atoms with van der Waals surface area (Å²) in [5.41, 5.74) is 6.31. The van der Waals surface area contributed by atoms with Crippen molar-refractivity contribution in [1.82, 2.24) is 10.2 Å². The van der Waals surface area contributed by atoms with Gasteiger partial charge in [-0.3, -0.25) is 0 Å². The summed E-state index contributed by atoms with van der Waals surface area (Å²) in [7, 11) is 0. The van der Waals surface area contributed by atoms with Gasteiger partial charge in [0.25, 0.3) is 0 Å². The van der Waals surface area contributed by atoms with Crippen molar-refractivity contribution < 1.29 is 0 Å². The maximum absolute atomic E-state index is 5.77. The summed E-state index contributed by atoms with van der Waals surface area (Å²) in [5.74, 6) is 0.850. The molecule has 0 fully saturated rings. The predicted octanol–water partition coefficient (Wildman–Crippen LogP) is 1.91. The number of aromatic nitrogens is 2. The molecule has 2 N–H and O–H groups in total. The Bertz CT molecular complexity index is 273. The summed E-state index contributed by atoms with van der Waals surface area (Å²) in [4.78, 5) is 0. The third-order valence-electron chi connectivity index (χ3n) is 1.44. The zero-order valence-electron chi connectivity index (χ0n) is 7.21. The first-order valence-electron chi connectivity index (χ1n) is 3.87. The molecule has 12 heavy (non-hydrogen) atoms. The minimum atomic E-state index is 0.296. The van der Waals surface area contributed by atoms with Crippen LogP contribution in [0.3, 0.4) is 0 Å². The summed E-state index contributed by atoms with van der Waals surface area (Å²) >= 11 is 5.77. The Hall–Kier alpha value is -0.830. The number of nitrogens with two attached hydrogens (primary N) is 1. The Kier molecular flexibility index (Phi) is 2.87. The highest BCUT2D eigenvalue weighted by atomic mass is 35.5. The lowest BCUT2D eigenvalue weighted by Crippen LogP contribution is -2.01. The second kappa shape index (κ2) is 3.72. The molecule has 0 spiro atoms. The summed E-state index contributed by atoms with van der Waals surface area (Å²) in [6.45, 7) is 4.23. The molecular weight excluding hydrogens is 174 g/mol. The van der Waals surface area contributed by atoms with E-state index in [9.17, 15) is 0 Å². The molecule has 0 atom stereocenters. The molecule has 0 radical (unpaired) electrons. The molecule has 66 valence electrons. The van der Waals surface area contributed by atoms with E-state index in [1.165, 1.54) is 0 Å². The van der Waals surface area contributed by atoms with Gasteiger partial charge in [0.05, 0.1) is 10.7 Å². The van der Waals surface area contributed by atoms with Crippen molar-refractivity contribution in [3.8, 4) is 0 Å². The van der Waals surface area contributed by atoms with Crippen molar-refractivity contribution in [2.75, 3.05) is 5.73 Å². The Morgan fingerprint density at radius 2 is 2.17 bits per heavy atom. The second-order valence-electron chi connectivity index (χ2n) is 3.17. The van der Waals surface area contributed by atoms with E-state index < -0.39 is 0 Å². The van der Waals surface area contributed by atoms with E-state index >= 15 is 0 Å². The molecule has 0 saturated carbocycles. The van der Waals surface area contributed by atoms with Gasteiger partial charge in [-0.15, -0.1) is 5.10 Å². The van der Waals surface area contributed by atoms with Crippen LogP contribution >= 0.6 is 11.6 Å². The van der Waals surface area contributed by atoms with Gasteiger partial charge in [0.15, 0.2) is 5.82 Å². The standard InChI is InChI=1S/C8H12ClN3/c1-5(2)3-6-4-7(9)8(10)12-11-6/h4-5H,3H2,1-2H3,(H2,10,12). The van der Waals surface area contributed by atoms with Crippen LogP contribution in [0.4, 0.5) is 5.82 Å². The van der Waals surface area contributed by atoms with E-state index in [-0.39, 0.29) is 0 Å². The van der Waals surface area contributed by atoms with Gasteiger partial charge < -0.3 is 5.73 Å². The van der Waals surface area contributed by atoms with Crippen LogP contribution in [0.2, 0.25) is 5.02 Å². The maximum Gasteiger partial charge on any atom is 0.164 e. The molecule has 0 aliphatic heterocycles. The van der Waals surface area contributed by atoms with Crippen LogP contribution < -0.4 is 5.73 Å². The fraction of sp³-hybridized carbons (Fsp3) is 0.500. The minimum absolute atomic E-state index is 0.296. The molecule has 0 amide bonds. The van der Waals surface area contributed by atoms with E-state index in [0.29, 0.717) is 16.8 Å². The zero-order chi connectivity index (χ0) is 9.14. The molecule has 1 aromatic heterocycles. The van der Waals surface area contributed by atoms with Gasteiger partial charge in [-0.05, 0) is 18.4 Å². The van der Waals surface area contributed by atoms with Crippen molar-refractivity contribution in [2.24, 2.45) is 5.92 Å². The molecule has 0 aliphatic rings. The summed E-state index contributed by atoms with van der Waals surface area (Å²) in [5, 5.41) is 8.13. The van der Waals surface area contributed by atoms with Crippen LogP contribution in [0.25, 0.3) is 0 Å². The van der Waals surface area contributed by atoms with Gasteiger partial charge in [0, 0.05) is 0 Å². The van der Waals surface area contributed by atoms with E-state index in [1.807, 2.05) is 0 Å². The quantitative estimate of drug-likeness (QED) is 0.766. The van der Waals surface area contributed by atoms with E-state index in [1.54, 1.807) is 6.07 Å². The summed E-state index contributed by atoms with van der Waals surface area (Å²) in [6.07, 6.45) is 0.882. The fourth-order valence-electron chi connectivity index (χ4n) is 0.933. The van der Waals surface area contributed by atoms with Crippen LogP contribution in [-0.2, 0) is 6.42 Å². The van der Waals surface area contributed by atoms with Gasteiger partial charge in [-0.25, -0.2) is 0 Å². The maximum atomic E-state index is 5.77. The highest BCUT2D eigenvalue weighted by Gasteiger charge is 2.03. The number of rotatable bonds is 2. The van der Waals surface area contributed by atoms with Crippen molar-refractivity contribution in [3.63, 3.8) is 0 Å². The minimum Gasteiger partial charge on any atom is -0.381 e. The lowest BCUT2D eigenvalue weighted by Gasteiger charge is -2.03. The van der Waals surface area contributed by atoms with E-state index in [0.717, 1.165) is 12.1 Å². The SMILES string of the molecule is CC(C)Cc1cc(Cl)c(N)nn1. The highest BCUT2D eigenvalue weighted by molar-refractivity contribution is 6.32. The van der Waals surface area contributed by atoms with Gasteiger partial charge in [-0.2, -0.15) is 5.10 Å². The Labute approximate surface area is 76.9 Å². The van der Waals surface area contributed by atoms with Crippen molar-refractivity contribution >= 4 is 17.4 Å². The molecule has 1 heterocycles. The normalized spacial score (nSPS) is 10.7. The molecule has 4 heteroatoms. The van der Waals surface area contributed by atoms with Gasteiger partial charge in [0.2, 0.25) is 0 Å². The summed E-state index contributed by atoms with van der Waals surface area (Å²) < 4.78 is 0. The summed E-state index contributed by atoms with van der Waals surface area (Å²) in [6, 6.07) is 1.77. The smallest absolute Gasteiger partial charge is 0.164 e. The first-order chi connectivity index (χ1) is 5.59. The monoisotopic (exact) mass is 185 g/mol. The molecule has 0 aromatic carbocycles. The molecule has 1 aromatic rings. The number of anilines is 1. The topological polar surface area (TPSA) is 51.8 Å². The van der Waals surface area contributed by atoms with Gasteiger partial charge >= 0.3 is 0 Å². The average Bonchev–Trinajstić information content (AvgIpc) is 1.96. The number of hydrogen-bond donors (Lipinski definition) is 1. The highest BCUT2D eigenvalue weighted by Crippen LogP contribution is 2.16. The van der Waals surface area contributed by atoms with Crippen LogP contribution in [0, 0.1) is 5.92 Å². The van der Waals surface area contributed by atoms with Crippen molar-refractivity contribution in [3.05, 3.63) is 16.8 Å². The Balaban J connectivity index is 2.82. The number of nitrogen functional groups attached to an aromatic ring is 1. The third-order valence-corrected chi connectivity index (χ3v) is 1.74. The second-order valence-corrected chi connectivity index (χ2v) is 3.57. The van der Waals surface area contributed by atoms with Gasteiger partial charge in [-0.1, -0.05) is 25.4 Å². The molecule has 0 unspecified atom stereocenters. The van der Waals surface area contributed by atoms with Crippen LogP contribution in [0.15, 0.2) is 6.07 Å². The number of hydrogen-bond acceptors (Lipinski definition) is 3. The van der Waals surface area contributed by atoms with Crippen molar-refractivity contribution in [2.45, 2.75) is 20.3 Å². The molecule has 0 saturated heterocycles. The third kappa shape index (κ3) is 2.34.